The molecule has 1 atom stereocenters. The lowest BCUT2D eigenvalue weighted by Gasteiger charge is -2.10. The van der Waals surface area contributed by atoms with Gasteiger partial charge in [-0.25, -0.2) is 9.48 Å². The Balaban J connectivity index is 1.93. The number of ether oxygens (including phenoxy) is 2. The van der Waals surface area contributed by atoms with Crippen molar-refractivity contribution in [3.8, 4) is 0 Å². The summed E-state index contributed by atoms with van der Waals surface area (Å²) in [5, 5.41) is 16.8. The fraction of sp³-hybridized carbons (Fsp3) is 0.769. The number of carbonyl (C=O) groups is 1. The number of hydrogen-bond acceptors (Lipinski definition) is 5. The molecule has 112 valence electrons. The van der Waals surface area contributed by atoms with Gasteiger partial charge in [0.2, 0.25) is 0 Å². The lowest BCUT2D eigenvalue weighted by atomic mass is 10.1. The number of rotatable bonds is 8. The fourth-order valence-corrected chi connectivity index (χ4v) is 2.47. The fourth-order valence-electron chi connectivity index (χ4n) is 2.47. The number of aromatic carboxylic acids is 1. The van der Waals surface area contributed by atoms with Crippen LogP contribution in [0.5, 0.6) is 0 Å². The number of carboxylic acids is 1. The summed E-state index contributed by atoms with van der Waals surface area (Å²) in [5.41, 5.74) is 0.658. The van der Waals surface area contributed by atoms with Gasteiger partial charge < -0.3 is 14.6 Å². The van der Waals surface area contributed by atoms with Crippen molar-refractivity contribution in [3.63, 3.8) is 0 Å². The van der Waals surface area contributed by atoms with Crippen molar-refractivity contribution in [2.45, 2.75) is 44.8 Å². The van der Waals surface area contributed by atoms with Gasteiger partial charge in [-0.2, -0.15) is 0 Å². The van der Waals surface area contributed by atoms with Crippen molar-refractivity contribution in [2.24, 2.45) is 0 Å². The van der Waals surface area contributed by atoms with E-state index in [0.717, 1.165) is 32.3 Å². The van der Waals surface area contributed by atoms with E-state index in [2.05, 4.69) is 10.3 Å². The maximum atomic E-state index is 11.1. The van der Waals surface area contributed by atoms with Crippen molar-refractivity contribution < 1.29 is 19.4 Å². The summed E-state index contributed by atoms with van der Waals surface area (Å²) >= 11 is 0. The molecule has 1 aromatic rings. The van der Waals surface area contributed by atoms with Crippen molar-refractivity contribution in [3.05, 3.63) is 11.4 Å². The first-order valence-corrected chi connectivity index (χ1v) is 6.98. The third kappa shape index (κ3) is 3.77. The molecule has 0 bridgehead atoms. The third-order valence-electron chi connectivity index (χ3n) is 3.50. The molecule has 2 rings (SSSR count). The molecule has 0 radical (unpaired) electrons. The van der Waals surface area contributed by atoms with Crippen LogP contribution in [0.2, 0.25) is 0 Å². The molecule has 1 saturated heterocycles. The van der Waals surface area contributed by atoms with Crippen molar-refractivity contribution in [1.29, 1.82) is 0 Å². The Bertz CT molecular complexity index is 441. The molecular weight excluding hydrogens is 262 g/mol. The van der Waals surface area contributed by atoms with Crippen LogP contribution in [-0.4, -0.2) is 52.5 Å². The van der Waals surface area contributed by atoms with E-state index < -0.39 is 5.97 Å². The van der Waals surface area contributed by atoms with Crippen LogP contribution >= 0.6 is 0 Å². The van der Waals surface area contributed by atoms with Crippen LogP contribution in [0.1, 0.15) is 41.9 Å². The Morgan fingerprint density at radius 2 is 2.45 bits per heavy atom. The Morgan fingerprint density at radius 3 is 3.10 bits per heavy atom. The molecule has 20 heavy (non-hydrogen) atoms. The molecule has 0 spiro atoms. The van der Waals surface area contributed by atoms with Gasteiger partial charge in [0.25, 0.3) is 0 Å². The monoisotopic (exact) mass is 283 g/mol. The zero-order valence-electron chi connectivity index (χ0n) is 11.7. The molecule has 0 aromatic carbocycles. The Hall–Kier alpha value is -1.47. The molecule has 0 saturated carbocycles. The second-order valence-corrected chi connectivity index (χ2v) is 4.93. The van der Waals surface area contributed by atoms with E-state index in [9.17, 15) is 4.79 Å². The summed E-state index contributed by atoms with van der Waals surface area (Å²) in [5.74, 6) is -1.04. The number of methoxy groups -OCH3 is 1. The number of aromatic nitrogens is 3. The van der Waals surface area contributed by atoms with Gasteiger partial charge in [-0.05, 0) is 25.7 Å². The van der Waals surface area contributed by atoms with Gasteiger partial charge in [0.05, 0.1) is 18.4 Å². The molecule has 1 fully saturated rings. The number of nitrogens with zero attached hydrogens (tertiary/aromatic N) is 3. The van der Waals surface area contributed by atoms with Crippen molar-refractivity contribution >= 4 is 5.97 Å². The van der Waals surface area contributed by atoms with Gasteiger partial charge in [0.1, 0.15) is 0 Å². The summed E-state index contributed by atoms with van der Waals surface area (Å²) in [6.45, 7) is 1.98. The molecule has 1 aromatic heterocycles. The van der Waals surface area contributed by atoms with Crippen LogP contribution in [0.3, 0.4) is 0 Å². The lowest BCUT2D eigenvalue weighted by molar-refractivity contribution is 0.0688. The van der Waals surface area contributed by atoms with E-state index in [4.69, 9.17) is 14.6 Å². The molecule has 7 heteroatoms. The van der Waals surface area contributed by atoms with Crippen LogP contribution in [0, 0.1) is 0 Å². The third-order valence-corrected chi connectivity index (χ3v) is 3.50. The topological polar surface area (TPSA) is 86.5 Å². The minimum atomic E-state index is -1.04. The summed E-state index contributed by atoms with van der Waals surface area (Å²) in [4.78, 5) is 11.1. The first-order valence-electron chi connectivity index (χ1n) is 6.98. The quantitative estimate of drug-likeness (QED) is 0.769. The minimum Gasteiger partial charge on any atom is -0.476 e. The van der Waals surface area contributed by atoms with E-state index in [1.165, 1.54) is 0 Å². The average Bonchev–Trinajstić information content (AvgIpc) is 3.06. The van der Waals surface area contributed by atoms with Crippen LogP contribution in [0.4, 0.5) is 0 Å². The molecule has 1 aliphatic rings. The SMILES string of the molecule is COCCc1c(C(=O)O)nnn1CCCC1CCCO1. The van der Waals surface area contributed by atoms with Gasteiger partial charge in [-0.15, -0.1) is 5.10 Å². The maximum Gasteiger partial charge on any atom is 0.358 e. The lowest BCUT2D eigenvalue weighted by Crippen LogP contribution is -2.13. The zero-order valence-corrected chi connectivity index (χ0v) is 11.7. The van der Waals surface area contributed by atoms with E-state index in [0.29, 0.717) is 31.4 Å². The predicted molar refractivity (Wildman–Crippen MR) is 70.8 cm³/mol. The zero-order chi connectivity index (χ0) is 14.4. The van der Waals surface area contributed by atoms with Gasteiger partial charge in [-0.1, -0.05) is 5.21 Å². The molecule has 2 heterocycles. The largest absolute Gasteiger partial charge is 0.476 e. The van der Waals surface area contributed by atoms with Crippen LogP contribution in [0.15, 0.2) is 0 Å². The van der Waals surface area contributed by atoms with Crippen molar-refractivity contribution in [1.82, 2.24) is 15.0 Å². The van der Waals surface area contributed by atoms with Gasteiger partial charge >= 0.3 is 5.97 Å². The molecule has 1 unspecified atom stereocenters. The maximum absolute atomic E-state index is 11.1. The number of hydrogen-bond donors (Lipinski definition) is 1. The van der Waals surface area contributed by atoms with Crippen LogP contribution in [0.25, 0.3) is 0 Å². The molecular formula is C13H21N3O4. The second kappa shape index (κ2) is 7.35. The standard InChI is InChI=1S/C13H21N3O4/c1-19-9-6-11-12(13(17)18)14-15-16(11)7-2-4-10-5-3-8-20-10/h10H,2-9H2,1H3,(H,17,18). The summed E-state index contributed by atoms with van der Waals surface area (Å²) in [7, 11) is 1.59. The molecule has 1 aliphatic heterocycles. The van der Waals surface area contributed by atoms with Crippen molar-refractivity contribution in [2.75, 3.05) is 20.3 Å². The normalized spacial score (nSPS) is 18.6. The molecule has 0 amide bonds. The molecule has 7 nitrogen and oxygen atoms in total. The summed E-state index contributed by atoms with van der Waals surface area (Å²) in [6.07, 6.45) is 4.99. The van der Waals surface area contributed by atoms with Crippen LogP contribution in [-0.2, 0) is 22.4 Å². The summed E-state index contributed by atoms with van der Waals surface area (Å²) in [6, 6.07) is 0. The predicted octanol–water partition coefficient (Wildman–Crippen LogP) is 1.12. The minimum absolute atomic E-state index is 0.0270. The Labute approximate surface area is 117 Å². The Morgan fingerprint density at radius 1 is 1.60 bits per heavy atom. The smallest absolute Gasteiger partial charge is 0.358 e. The summed E-state index contributed by atoms with van der Waals surface area (Å²) < 4.78 is 12.3. The molecule has 1 N–H and O–H groups in total. The van der Waals surface area contributed by atoms with Gasteiger partial charge in [0, 0.05) is 26.7 Å². The molecule has 0 aliphatic carbocycles. The second-order valence-electron chi connectivity index (χ2n) is 4.93. The van der Waals surface area contributed by atoms with E-state index in [1.54, 1.807) is 11.8 Å². The highest BCUT2D eigenvalue weighted by atomic mass is 16.5. The average molecular weight is 283 g/mol. The van der Waals surface area contributed by atoms with Gasteiger partial charge in [0.15, 0.2) is 5.69 Å². The first kappa shape index (κ1) is 14.9. The first-order chi connectivity index (χ1) is 9.72. The van der Waals surface area contributed by atoms with Gasteiger partial charge in [-0.3, -0.25) is 0 Å². The number of carboxylic acid groups (broad SMARTS) is 1. The Kier molecular flexibility index (Phi) is 5.49. The van der Waals surface area contributed by atoms with E-state index in [-0.39, 0.29) is 5.69 Å². The highest BCUT2D eigenvalue weighted by Gasteiger charge is 2.19. The van der Waals surface area contributed by atoms with E-state index in [1.807, 2.05) is 0 Å². The van der Waals surface area contributed by atoms with Crippen LogP contribution < -0.4 is 0 Å². The van der Waals surface area contributed by atoms with E-state index >= 15 is 0 Å². The highest BCUT2D eigenvalue weighted by Crippen LogP contribution is 2.17. The number of aryl methyl sites for hydroxylation is 1. The highest BCUT2D eigenvalue weighted by molar-refractivity contribution is 5.86.